The van der Waals surface area contributed by atoms with Gasteiger partial charge in [-0.2, -0.15) is 0 Å². The lowest BCUT2D eigenvalue weighted by Gasteiger charge is -2.30. The molecule has 0 spiro atoms. The summed E-state index contributed by atoms with van der Waals surface area (Å²) < 4.78 is 35.0. The number of anilines is 1. The Labute approximate surface area is 172 Å². The van der Waals surface area contributed by atoms with Crippen molar-refractivity contribution in [2.75, 3.05) is 18.4 Å². The Morgan fingerprint density at radius 3 is 2.47 bits per heavy atom. The van der Waals surface area contributed by atoms with Crippen LogP contribution in [0.25, 0.3) is 6.08 Å². The molecule has 6 nitrogen and oxygen atoms in total. The van der Waals surface area contributed by atoms with Gasteiger partial charge >= 0.3 is 6.29 Å². The van der Waals surface area contributed by atoms with Crippen LogP contribution in [0.2, 0.25) is 0 Å². The van der Waals surface area contributed by atoms with Crippen LogP contribution < -0.4 is 14.8 Å². The highest BCUT2D eigenvalue weighted by Gasteiger charge is 2.43. The van der Waals surface area contributed by atoms with E-state index in [1.807, 2.05) is 30.3 Å². The zero-order valence-electron chi connectivity index (χ0n) is 16.0. The lowest BCUT2D eigenvalue weighted by atomic mass is 9.95. The first-order chi connectivity index (χ1) is 14.4. The lowest BCUT2D eigenvalue weighted by molar-refractivity contribution is -0.286. The van der Waals surface area contributed by atoms with Gasteiger partial charge in [-0.1, -0.05) is 30.3 Å². The molecule has 1 saturated heterocycles. The molecule has 0 radical (unpaired) electrons. The zero-order chi connectivity index (χ0) is 21.1. The van der Waals surface area contributed by atoms with E-state index in [0.717, 1.165) is 5.56 Å². The molecule has 2 aliphatic rings. The number of halogens is 2. The van der Waals surface area contributed by atoms with Crippen molar-refractivity contribution in [2.24, 2.45) is 5.92 Å². The van der Waals surface area contributed by atoms with Crippen molar-refractivity contribution in [1.82, 2.24) is 4.90 Å². The number of amides is 2. The fourth-order valence-electron chi connectivity index (χ4n) is 3.47. The van der Waals surface area contributed by atoms with Crippen molar-refractivity contribution in [2.45, 2.75) is 19.1 Å². The van der Waals surface area contributed by atoms with E-state index in [9.17, 15) is 18.4 Å². The highest BCUT2D eigenvalue weighted by molar-refractivity contribution is 5.94. The van der Waals surface area contributed by atoms with Crippen LogP contribution in [-0.2, 0) is 9.59 Å². The van der Waals surface area contributed by atoms with Crippen LogP contribution in [0.5, 0.6) is 11.5 Å². The Morgan fingerprint density at radius 2 is 1.73 bits per heavy atom. The summed E-state index contributed by atoms with van der Waals surface area (Å²) in [7, 11) is 0. The minimum atomic E-state index is -3.70. The second kappa shape index (κ2) is 8.14. The van der Waals surface area contributed by atoms with E-state index in [4.69, 9.17) is 0 Å². The number of benzene rings is 2. The average Bonchev–Trinajstić information content (AvgIpc) is 3.06. The first-order valence-electron chi connectivity index (χ1n) is 9.62. The lowest BCUT2D eigenvalue weighted by Crippen LogP contribution is -2.40. The number of piperidine rings is 1. The fraction of sp³-hybridized carbons (Fsp3) is 0.273. The summed E-state index contributed by atoms with van der Waals surface area (Å²) in [6.07, 6.45) is 0.667. The number of carbonyl (C=O) groups excluding carboxylic acids is 2. The van der Waals surface area contributed by atoms with Crippen molar-refractivity contribution in [3.05, 3.63) is 60.2 Å². The minimum Gasteiger partial charge on any atom is -0.395 e. The highest BCUT2D eigenvalue weighted by Crippen LogP contribution is 2.42. The average molecular weight is 414 g/mol. The van der Waals surface area contributed by atoms with Crippen molar-refractivity contribution >= 4 is 23.6 Å². The summed E-state index contributed by atoms with van der Waals surface area (Å²) in [6, 6.07) is 13.7. The Hall–Kier alpha value is -3.42. The Bertz CT molecular complexity index is 970. The Balaban J connectivity index is 1.29. The maximum Gasteiger partial charge on any atom is 0.586 e. The number of hydrogen-bond acceptors (Lipinski definition) is 4. The van der Waals surface area contributed by atoms with Gasteiger partial charge in [0.05, 0.1) is 0 Å². The van der Waals surface area contributed by atoms with Crippen LogP contribution in [0.3, 0.4) is 0 Å². The third kappa shape index (κ3) is 4.59. The third-order valence-corrected chi connectivity index (χ3v) is 5.06. The number of carbonyl (C=O) groups is 2. The molecule has 2 heterocycles. The van der Waals surface area contributed by atoms with Crippen LogP contribution in [0.15, 0.2) is 54.6 Å². The molecular formula is C22H20F2N2O4. The highest BCUT2D eigenvalue weighted by atomic mass is 19.3. The van der Waals surface area contributed by atoms with Crippen molar-refractivity contribution in [1.29, 1.82) is 0 Å². The molecule has 0 unspecified atom stereocenters. The van der Waals surface area contributed by atoms with E-state index in [1.165, 1.54) is 24.3 Å². The summed E-state index contributed by atoms with van der Waals surface area (Å²) in [5, 5.41) is 2.72. The number of ether oxygens (including phenoxy) is 2. The van der Waals surface area contributed by atoms with Gasteiger partial charge in [-0.15, -0.1) is 8.78 Å². The number of nitrogens with zero attached hydrogens (tertiary/aromatic N) is 1. The fourth-order valence-corrected chi connectivity index (χ4v) is 3.47. The molecular weight excluding hydrogens is 394 g/mol. The number of fused-ring (bicyclic) bond motifs is 1. The van der Waals surface area contributed by atoms with Crippen LogP contribution in [0.1, 0.15) is 18.4 Å². The molecule has 8 heteroatoms. The molecule has 0 aromatic heterocycles. The molecule has 0 atom stereocenters. The minimum absolute atomic E-state index is 0.0756. The number of likely N-dealkylation sites (tertiary alicyclic amines) is 1. The molecule has 0 saturated carbocycles. The van der Waals surface area contributed by atoms with Crippen LogP contribution in [-0.4, -0.2) is 36.1 Å². The molecule has 0 aliphatic carbocycles. The van der Waals surface area contributed by atoms with Crippen molar-refractivity contribution in [3.63, 3.8) is 0 Å². The first-order valence-corrected chi connectivity index (χ1v) is 9.62. The van der Waals surface area contributed by atoms with E-state index >= 15 is 0 Å². The largest absolute Gasteiger partial charge is 0.586 e. The molecule has 156 valence electrons. The summed E-state index contributed by atoms with van der Waals surface area (Å²) in [4.78, 5) is 26.6. The topological polar surface area (TPSA) is 67.9 Å². The van der Waals surface area contributed by atoms with Gasteiger partial charge in [0, 0.05) is 36.8 Å². The summed E-state index contributed by atoms with van der Waals surface area (Å²) >= 11 is 0. The van der Waals surface area contributed by atoms with Crippen LogP contribution in [0.4, 0.5) is 14.5 Å². The molecule has 30 heavy (non-hydrogen) atoms. The van der Waals surface area contributed by atoms with Gasteiger partial charge in [0.15, 0.2) is 11.5 Å². The van der Waals surface area contributed by atoms with Gasteiger partial charge in [-0.05, 0) is 36.6 Å². The van der Waals surface area contributed by atoms with Gasteiger partial charge in [-0.3, -0.25) is 9.59 Å². The van der Waals surface area contributed by atoms with Gasteiger partial charge in [0.2, 0.25) is 11.8 Å². The van der Waals surface area contributed by atoms with E-state index in [0.29, 0.717) is 31.6 Å². The Kier molecular flexibility index (Phi) is 5.39. The van der Waals surface area contributed by atoms with Crippen molar-refractivity contribution in [3.8, 4) is 11.5 Å². The predicted molar refractivity (Wildman–Crippen MR) is 106 cm³/mol. The Morgan fingerprint density at radius 1 is 1.03 bits per heavy atom. The smallest absolute Gasteiger partial charge is 0.395 e. The normalized spacial score (nSPS) is 17.9. The molecule has 4 rings (SSSR count). The maximum atomic E-state index is 13.1. The van der Waals surface area contributed by atoms with Gasteiger partial charge in [-0.25, -0.2) is 0 Å². The molecule has 1 fully saturated rings. The molecule has 2 aliphatic heterocycles. The molecule has 2 amide bonds. The zero-order valence-corrected chi connectivity index (χ0v) is 16.0. The number of rotatable bonds is 4. The molecule has 2 aromatic rings. The first kappa shape index (κ1) is 19.9. The van der Waals surface area contributed by atoms with Gasteiger partial charge in [0.1, 0.15) is 0 Å². The quantitative estimate of drug-likeness (QED) is 0.771. The van der Waals surface area contributed by atoms with E-state index < -0.39 is 6.29 Å². The maximum absolute atomic E-state index is 13.1. The second-order valence-corrected chi connectivity index (χ2v) is 7.16. The summed E-state index contributed by atoms with van der Waals surface area (Å²) in [6.45, 7) is 0.951. The van der Waals surface area contributed by atoms with E-state index in [2.05, 4.69) is 14.8 Å². The van der Waals surface area contributed by atoms with E-state index in [1.54, 1.807) is 11.0 Å². The summed E-state index contributed by atoms with van der Waals surface area (Å²) in [5.74, 6) is -0.766. The molecule has 1 N–H and O–H groups in total. The molecule has 2 aromatic carbocycles. The second-order valence-electron chi connectivity index (χ2n) is 7.16. The van der Waals surface area contributed by atoms with Gasteiger partial charge < -0.3 is 19.7 Å². The number of hydrogen-bond donors (Lipinski definition) is 1. The SMILES string of the molecule is O=C(Nc1ccc2c(c1)OC(F)(F)O2)C1CCN(C(=O)/C=C/c2ccccc2)CC1. The van der Waals surface area contributed by atoms with Crippen molar-refractivity contribution < 1.29 is 27.8 Å². The number of alkyl halides is 2. The van der Waals surface area contributed by atoms with E-state index in [-0.39, 0.29) is 29.2 Å². The van der Waals surface area contributed by atoms with Crippen LogP contribution >= 0.6 is 0 Å². The third-order valence-electron chi connectivity index (χ3n) is 5.06. The monoisotopic (exact) mass is 414 g/mol. The molecule has 0 bridgehead atoms. The standard InChI is InChI=1S/C22H20F2N2O4/c23-22(24)29-18-8-7-17(14-19(18)30-22)25-21(28)16-10-12-26(13-11-16)20(27)9-6-15-4-2-1-3-5-15/h1-9,14,16H,10-13H2,(H,25,28)/b9-6+. The van der Waals surface area contributed by atoms with Gasteiger partial charge in [0.25, 0.3) is 0 Å². The summed E-state index contributed by atoms with van der Waals surface area (Å²) in [5.41, 5.74) is 1.30. The number of nitrogens with one attached hydrogen (secondary N) is 1. The van der Waals surface area contributed by atoms with Crippen LogP contribution in [0, 0.1) is 5.92 Å². The predicted octanol–water partition coefficient (Wildman–Crippen LogP) is 3.90.